The van der Waals surface area contributed by atoms with Crippen LogP contribution in [0.5, 0.6) is 5.75 Å². The highest BCUT2D eigenvalue weighted by Crippen LogP contribution is 2.19. The summed E-state index contributed by atoms with van der Waals surface area (Å²) >= 11 is 5.72. The maximum absolute atomic E-state index is 13.1. The van der Waals surface area contributed by atoms with E-state index in [-0.39, 0.29) is 5.02 Å². The van der Waals surface area contributed by atoms with E-state index < -0.39 is 11.9 Å². The molecule has 0 fully saturated rings. The standard InChI is InChI=1S/C16H16ClFO2/c1-20-14-4-2-3-11(9-14)7-13(19)8-12-5-6-16(18)15(17)10-12/h2-6,9-10,13,19H,7-8H2,1H3. The van der Waals surface area contributed by atoms with Crippen molar-refractivity contribution in [3.8, 4) is 5.75 Å². The van der Waals surface area contributed by atoms with Gasteiger partial charge < -0.3 is 9.84 Å². The van der Waals surface area contributed by atoms with Gasteiger partial charge in [0.1, 0.15) is 11.6 Å². The molecular weight excluding hydrogens is 279 g/mol. The van der Waals surface area contributed by atoms with Crippen LogP contribution in [-0.2, 0) is 12.8 Å². The fourth-order valence-corrected chi connectivity index (χ4v) is 2.29. The number of rotatable bonds is 5. The summed E-state index contributed by atoms with van der Waals surface area (Å²) in [6.45, 7) is 0. The molecule has 0 aliphatic heterocycles. The fourth-order valence-electron chi connectivity index (χ4n) is 2.08. The summed E-state index contributed by atoms with van der Waals surface area (Å²) in [7, 11) is 1.61. The Kier molecular flexibility index (Phi) is 4.99. The van der Waals surface area contributed by atoms with Crippen molar-refractivity contribution in [2.45, 2.75) is 18.9 Å². The van der Waals surface area contributed by atoms with Crippen molar-refractivity contribution in [1.82, 2.24) is 0 Å². The van der Waals surface area contributed by atoms with Crippen LogP contribution in [0.4, 0.5) is 4.39 Å². The Hall–Kier alpha value is -1.58. The number of benzene rings is 2. The zero-order valence-corrected chi connectivity index (χ0v) is 11.9. The van der Waals surface area contributed by atoms with Crippen molar-refractivity contribution in [2.75, 3.05) is 7.11 Å². The number of hydrogen-bond acceptors (Lipinski definition) is 2. The lowest BCUT2D eigenvalue weighted by Crippen LogP contribution is -2.14. The van der Waals surface area contributed by atoms with E-state index >= 15 is 0 Å². The summed E-state index contributed by atoms with van der Waals surface area (Å²) in [5.74, 6) is 0.317. The zero-order chi connectivity index (χ0) is 14.5. The summed E-state index contributed by atoms with van der Waals surface area (Å²) in [6, 6.07) is 12.1. The minimum Gasteiger partial charge on any atom is -0.497 e. The molecule has 0 aromatic heterocycles. The van der Waals surface area contributed by atoms with Crippen LogP contribution in [0.2, 0.25) is 5.02 Å². The molecule has 0 spiro atoms. The summed E-state index contributed by atoms with van der Waals surface area (Å²) in [5, 5.41) is 10.2. The van der Waals surface area contributed by atoms with E-state index in [4.69, 9.17) is 16.3 Å². The Labute approximate surface area is 122 Å². The molecule has 0 aliphatic rings. The highest BCUT2D eigenvalue weighted by Gasteiger charge is 2.09. The molecule has 2 nitrogen and oxygen atoms in total. The van der Waals surface area contributed by atoms with Crippen LogP contribution in [0.1, 0.15) is 11.1 Å². The van der Waals surface area contributed by atoms with Gasteiger partial charge in [-0.2, -0.15) is 0 Å². The summed E-state index contributed by atoms with van der Waals surface area (Å²) < 4.78 is 18.2. The first kappa shape index (κ1) is 14.8. The Morgan fingerprint density at radius 3 is 2.50 bits per heavy atom. The molecule has 0 saturated heterocycles. The van der Waals surface area contributed by atoms with E-state index in [2.05, 4.69) is 0 Å². The largest absolute Gasteiger partial charge is 0.497 e. The summed E-state index contributed by atoms with van der Waals surface area (Å²) in [6.07, 6.45) is 0.382. The second kappa shape index (κ2) is 6.73. The van der Waals surface area contributed by atoms with Gasteiger partial charge >= 0.3 is 0 Å². The number of halogens is 2. The van der Waals surface area contributed by atoms with Gasteiger partial charge in [-0.1, -0.05) is 29.8 Å². The maximum Gasteiger partial charge on any atom is 0.141 e. The normalized spacial score (nSPS) is 12.2. The first-order valence-corrected chi connectivity index (χ1v) is 6.71. The van der Waals surface area contributed by atoms with Crippen LogP contribution in [0.15, 0.2) is 42.5 Å². The third kappa shape index (κ3) is 3.95. The average molecular weight is 295 g/mol. The number of methoxy groups -OCH3 is 1. The third-order valence-electron chi connectivity index (χ3n) is 3.06. The van der Waals surface area contributed by atoms with Crippen molar-refractivity contribution >= 4 is 11.6 Å². The van der Waals surface area contributed by atoms with Crippen molar-refractivity contribution in [1.29, 1.82) is 0 Å². The highest BCUT2D eigenvalue weighted by atomic mass is 35.5. The lowest BCUT2D eigenvalue weighted by molar-refractivity contribution is 0.175. The van der Waals surface area contributed by atoms with Gasteiger partial charge in [0.25, 0.3) is 0 Å². The maximum atomic E-state index is 13.1. The van der Waals surface area contributed by atoms with Gasteiger partial charge in [0.05, 0.1) is 18.2 Å². The Morgan fingerprint density at radius 1 is 1.15 bits per heavy atom. The van der Waals surface area contributed by atoms with Gasteiger partial charge in [-0.15, -0.1) is 0 Å². The van der Waals surface area contributed by atoms with E-state index in [0.717, 1.165) is 16.9 Å². The number of aliphatic hydroxyl groups is 1. The van der Waals surface area contributed by atoms with Crippen LogP contribution >= 0.6 is 11.6 Å². The van der Waals surface area contributed by atoms with Gasteiger partial charge in [-0.3, -0.25) is 0 Å². The number of aliphatic hydroxyl groups excluding tert-OH is 1. The molecule has 106 valence electrons. The first-order valence-electron chi connectivity index (χ1n) is 6.33. The number of hydrogen-bond donors (Lipinski definition) is 1. The van der Waals surface area contributed by atoms with Crippen molar-refractivity contribution < 1.29 is 14.2 Å². The van der Waals surface area contributed by atoms with Crippen LogP contribution in [0.25, 0.3) is 0 Å². The molecule has 0 heterocycles. The van der Waals surface area contributed by atoms with Crippen molar-refractivity contribution in [3.05, 3.63) is 64.4 Å². The van der Waals surface area contributed by atoms with E-state index in [9.17, 15) is 9.50 Å². The van der Waals surface area contributed by atoms with Gasteiger partial charge in [-0.05, 0) is 48.2 Å². The molecule has 1 unspecified atom stereocenters. The Balaban J connectivity index is 2.00. The monoisotopic (exact) mass is 294 g/mol. The molecule has 20 heavy (non-hydrogen) atoms. The lowest BCUT2D eigenvalue weighted by atomic mass is 10.0. The molecule has 0 amide bonds. The summed E-state index contributed by atoms with van der Waals surface area (Å²) in [5.41, 5.74) is 1.80. The second-order valence-electron chi connectivity index (χ2n) is 4.66. The van der Waals surface area contributed by atoms with Crippen LogP contribution in [0.3, 0.4) is 0 Å². The molecule has 2 aromatic carbocycles. The van der Waals surface area contributed by atoms with E-state index in [1.165, 1.54) is 6.07 Å². The van der Waals surface area contributed by atoms with E-state index in [0.29, 0.717) is 12.8 Å². The average Bonchev–Trinajstić information content (AvgIpc) is 2.43. The molecule has 0 radical (unpaired) electrons. The highest BCUT2D eigenvalue weighted by molar-refractivity contribution is 6.30. The Bertz CT molecular complexity index is 586. The number of ether oxygens (including phenoxy) is 1. The zero-order valence-electron chi connectivity index (χ0n) is 11.1. The third-order valence-corrected chi connectivity index (χ3v) is 3.35. The van der Waals surface area contributed by atoms with Crippen molar-refractivity contribution in [3.63, 3.8) is 0 Å². The smallest absolute Gasteiger partial charge is 0.141 e. The summed E-state index contributed by atoms with van der Waals surface area (Å²) in [4.78, 5) is 0. The second-order valence-corrected chi connectivity index (χ2v) is 5.07. The molecule has 2 aromatic rings. The predicted octanol–water partition coefficient (Wildman–Crippen LogP) is 3.63. The van der Waals surface area contributed by atoms with Crippen molar-refractivity contribution in [2.24, 2.45) is 0 Å². The first-order chi connectivity index (χ1) is 9.58. The van der Waals surface area contributed by atoms with Gasteiger partial charge in [0.2, 0.25) is 0 Å². The fraction of sp³-hybridized carbons (Fsp3) is 0.250. The van der Waals surface area contributed by atoms with Gasteiger partial charge in [0.15, 0.2) is 0 Å². The van der Waals surface area contributed by atoms with E-state index in [1.807, 2.05) is 24.3 Å². The van der Waals surface area contributed by atoms with Crippen LogP contribution < -0.4 is 4.74 Å². The molecular formula is C16H16ClFO2. The Morgan fingerprint density at radius 2 is 1.85 bits per heavy atom. The topological polar surface area (TPSA) is 29.5 Å². The predicted molar refractivity (Wildman–Crippen MR) is 77.8 cm³/mol. The van der Waals surface area contributed by atoms with Crippen LogP contribution in [0, 0.1) is 5.82 Å². The van der Waals surface area contributed by atoms with Gasteiger partial charge in [0, 0.05) is 0 Å². The quantitative estimate of drug-likeness (QED) is 0.912. The molecule has 2 rings (SSSR count). The SMILES string of the molecule is COc1cccc(CC(O)Cc2ccc(F)c(Cl)c2)c1. The molecule has 0 bridgehead atoms. The molecule has 0 aliphatic carbocycles. The molecule has 0 saturated carbocycles. The van der Waals surface area contributed by atoms with Gasteiger partial charge in [-0.25, -0.2) is 4.39 Å². The minimum atomic E-state index is -0.552. The molecule has 1 N–H and O–H groups in total. The lowest BCUT2D eigenvalue weighted by Gasteiger charge is -2.12. The van der Waals surface area contributed by atoms with Crippen LogP contribution in [-0.4, -0.2) is 18.3 Å². The molecule has 4 heteroatoms. The minimum absolute atomic E-state index is 0.0797. The molecule has 1 atom stereocenters. The van der Waals surface area contributed by atoms with E-state index in [1.54, 1.807) is 19.2 Å².